The zero-order valence-corrected chi connectivity index (χ0v) is 13.7. The Hall–Kier alpha value is -1.93. The average Bonchev–Trinajstić information content (AvgIpc) is 2.72. The monoisotopic (exact) mass is 309 g/mol. The van der Waals surface area contributed by atoms with E-state index in [0.717, 1.165) is 0 Å². The molecule has 0 aliphatic rings. The standard InChI is InChI=1S/C14H23N5O3/c1-6-18-11-10(17(4)9(16-11)7-22-5)12(20)19(13(18)21)8-14(2,3)15/h6-8,15H2,1-5H3. The van der Waals surface area contributed by atoms with Gasteiger partial charge in [0.2, 0.25) is 0 Å². The fourth-order valence-electron chi connectivity index (χ4n) is 2.50. The molecular formula is C14H23N5O3. The van der Waals surface area contributed by atoms with Crippen LogP contribution in [0.15, 0.2) is 9.59 Å². The summed E-state index contributed by atoms with van der Waals surface area (Å²) in [5, 5.41) is 0. The molecule has 0 atom stereocenters. The minimum atomic E-state index is -0.670. The normalized spacial score (nSPS) is 12.3. The van der Waals surface area contributed by atoms with E-state index >= 15 is 0 Å². The Morgan fingerprint density at radius 1 is 1.27 bits per heavy atom. The van der Waals surface area contributed by atoms with Gasteiger partial charge in [-0.3, -0.25) is 13.9 Å². The Labute approximate surface area is 128 Å². The number of imidazole rings is 1. The quantitative estimate of drug-likeness (QED) is 0.825. The van der Waals surface area contributed by atoms with Gasteiger partial charge < -0.3 is 15.0 Å². The van der Waals surface area contributed by atoms with E-state index in [-0.39, 0.29) is 24.4 Å². The molecule has 0 saturated carbocycles. The number of hydrogen-bond acceptors (Lipinski definition) is 5. The molecule has 2 aromatic heterocycles. The van der Waals surface area contributed by atoms with Gasteiger partial charge in [0.05, 0.1) is 0 Å². The summed E-state index contributed by atoms with van der Waals surface area (Å²) in [7, 11) is 3.30. The molecule has 0 saturated heterocycles. The smallest absolute Gasteiger partial charge is 0.332 e. The van der Waals surface area contributed by atoms with Crippen molar-refractivity contribution in [3.05, 3.63) is 26.7 Å². The van der Waals surface area contributed by atoms with Gasteiger partial charge >= 0.3 is 5.69 Å². The molecular weight excluding hydrogens is 286 g/mol. The molecule has 2 heterocycles. The lowest BCUT2D eigenvalue weighted by Gasteiger charge is -2.20. The van der Waals surface area contributed by atoms with Crippen LogP contribution in [-0.4, -0.2) is 31.3 Å². The molecule has 2 aromatic rings. The van der Waals surface area contributed by atoms with Gasteiger partial charge in [-0.2, -0.15) is 0 Å². The van der Waals surface area contributed by atoms with E-state index in [9.17, 15) is 9.59 Å². The molecule has 0 bridgehead atoms. The minimum absolute atomic E-state index is 0.144. The molecule has 2 rings (SSSR count). The fraction of sp³-hybridized carbons (Fsp3) is 0.643. The van der Waals surface area contributed by atoms with Crippen molar-refractivity contribution in [1.29, 1.82) is 0 Å². The second kappa shape index (κ2) is 5.69. The highest BCUT2D eigenvalue weighted by Crippen LogP contribution is 2.11. The number of methoxy groups -OCH3 is 1. The number of nitrogens with two attached hydrogens (primary N) is 1. The van der Waals surface area contributed by atoms with Gasteiger partial charge in [-0.15, -0.1) is 0 Å². The lowest BCUT2D eigenvalue weighted by Crippen LogP contribution is -2.48. The first kappa shape index (κ1) is 16.4. The summed E-state index contributed by atoms with van der Waals surface area (Å²) < 4.78 is 9.44. The number of fused-ring (bicyclic) bond motifs is 1. The van der Waals surface area contributed by atoms with Crippen LogP contribution in [0.5, 0.6) is 0 Å². The Kier molecular flexibility index (Phi) is 4.25. The van der Waals surface area contributed by atoms with Crippen LogP contribution in [-0.2, 0) is 31.5 Å². The Bertz CT molecular complexity index is 807. The van der Waals surface area contributed by atoms with Crippen LogP contribution >= 0.6 is 0 Å². The summed E-state index contributed by atoms with van der Waals surface area (Å²) in [6.07, 6.45) is 0. The molecule has 8 heteroatoms. The van der Waals surface area contributed by atoms with Gasteiger partial charge in [-0.05, 0) is 20.8 Å². The van der Waals surface area contributed by atoms with Gasteiger partial charge in [0.15, 0.2) is 11.2 Å². The van der Waals surface area contributed by atoms with E-state index in [1.54, 1.807) is 32.6 Å². The molecule has 22 heavy (non-hydrogen) atoms. The van der Waals surface area contributed by atoms with Crippen molar-refractivity contribution < 1.29 is 4.74 Å². The average molecular weight is 309 g/mol. The number of aromatic nitrogens is 4. The highest BCUT2D eigenvalue weighted by molar-refractivity contribution is 5.71. The Morgan fingerprint density at radius 2 is 1.91 bits per heavy atom. The van der Waals surface area contributed by atoms with Crippen LogP contribution in [0.25, 0.3) is 11.2 Å². The number of hydrogen-bond donors (Lipinski definition) is 1. The fourth-order valence-corrected chi connectivity index (χ4v) is 2.50. The summed E-state index contributed by atoms with van der Waals surface area (Å²) in [6, 6.07) is 0. The van der Waals surface area contributed by atoms with Crippen molar-refractivity contribution in [1.82, 2.24) is 18.7 Å². The Morgan fingerprint density at radius 3 is 2.41 bits per heavy atom. The third-order valence-corrected chi connectivity index (χ3v) is 3.49. The number of aryl methyl sites for hydroxylation is 2. The van der Waals surface area contributed by atoms with Crippen molar-refractivity contribution in [3.63, 3.8) is 0 Å². The van der Waals surface area contributed by atoms with Crippen LogP contribution < -0.4 is 17.0 Å². The van der Waals surface area contributed by atoms with E-state index in [1.807, 2.05) is 6.92 Å². The van der Waals surface area contributed by atoms with Crippen molar-refractivity contribution >= 4 is 11.2 Å². The molecule has 2 N–H and O–H groups in total. The molecule has 0 fully saturated rings. The molecule has 0 aliphatic heterocycles. The maximum absolute atomic E-state index is 12.7. The van der Waals surface area contributed by atoms with Gasteiger partial charge in [0, 0.05) is 32.8 Å². The minimum Gasteiger partial charge on any atom is -0.377 e. The first-order valence-corrected chi connectivity index (χ1v) is 7.18. The molecule has 122 valence electrons. The van der Waals surface area contributed by atoms with Crippen LogP contribution in [0.1, 0.15) is 26.6 Å². The summed E-state index contributed by atoms with van der Waals surface area (Å²) in [5.74, 6) is 0.598. The van der Waals surface area contributed by atoms with Crippen LogP contribution in [0.2, 0.25) is 0 Å². The molecule has 0 spiro atoms. The van der Waals surface area contributed by atoms with Crippen LogP contribution in [0.4, 0.5) is 0 Å². The third kappa shape index (κ3) is 2.71. The third-order valence-electron chi connectivity index (χ3n) is 3.49. The molecule has 0 aromatic carbocycles. The van der Waals surface area contributed by atoms with Gasteiger partial charge in [-0.25, -0.2) is 9.78 Å². The van der Waals surface area contributed by atoms with E-state index in [0.29, 0.717) is 23.5 Å². The highest BCUT2D eigenvalue weighted by Gasteiger charge is 2.22. The second-order valence-corrected chi connectivity index (χ2v) is 6.10. The van der Waals surface area contributed by atoms with Gasteiger partial charge in [-0.1, -0.05) is 0 Å². The molecule has 0 unspecified atom stereocenters. The molecule has 0 aliphatic carbocycles. The van der Waals surface area contributed by atoms with Crippen molar-refractivity contribution in [2.24, 2.45) is 12.8 Å². The number of nitrogens with zero attached hydrogens (tertiary/aromatic N) is 4. The predicted molar refractivity (Wildman–Crippen MR) is 83.9 cm³/mol. The van der Waals surface area contributed by atoms with Crippen LogP contribution in [0.3, 0.4) is 0 Å². The zero-order chi connectivity index (χ0) is 16.7. The maximum atomic E-state index is 12.7. The topological polar surface area (TPSA) is 97.1 Å². The maximum Gasteiger partial charge on any atom is 0.332 e. The lowest BCUT2D eigenvalue weighted by atomic mass is 10.1. The van der Waals surface area contributed by atoms with Gasteiger partial charge in [0.1, 0.15) is 12.4 Å². The van der Waals surface area contributed by atoms with Crippen LogP contribution in [0, 0.1) is 0 Å². The number of rotatable bonds is 5. The van der Waals surface area contributed by atoms with E-state index < -0.39 is 5.54 Å². The summed E-state index contributed by atoms with van der Waals surface area (Å²) in [6.45, 7) is 6.23. The highest BCUT2D eigenvalue weighted by atomic mass is 16.5. The van der Waals surface area contributed by atoms with E-state index in [4.69, 9.17) is 10.5 Å². The molecule has 0 amide bonds. The first-order valence-electron chi connectivity index (χ1n) is 7.18. The van der Waals surface area contributed by atoms with Crippen molar-refractivity contribution in [2.45, 2.75) is 46.0 Å². The van der Waals surface area contributed by atoms with Crippen molar-refractivity contribution in [2.75, 3.05) is 7.11 Å². The Balaban J connectivity index is 2.87. The summed E-state index contributed by atoms with van der Waals surface area (Å²) in [5.41, 5.74) is 5.32. The largest absolute Gasteiger partial charge is 0.377 e. The summed E-state index contributed by atoms with van der Waals surface area (Å²) >= 11 is 0. The second-order valence-electron chi connectivity index (χ2n) is 6.10. The lowest BCUT2D eigenvalue weighted by molar-refractivity contribution is 0.175. The summed E-state index contributed by atoms with van der Waals surface area (Å²) in [4.78, 5) is 29.7. The SMILES string of the molecule is CCn1c(=O)n(CC(C)(C)N)c(=O)c2c1nc(COC)n2C. The van der Waals surface area contributed by atoms with E-state index in [1.165, 1.54) is 9.13 Å². The number of ether oxygens (including phenoxy) is 1. The predicted octanol–water partition coefficient (Wildman–Crippen LogP) is -0.200. The van der Waals surface area contributed by atoms with E-state index in [2.05, 4.69) is 4.98 Å². The van der Waals surface area contributed by atoms with Gasteiger partial charge in [0.25, 0.3) is 5.56 Å². The molecule has 0 radical (unpaired) electrons. The van der Waals surface area contributed by atoms with Crippen molar-refractivity contribution in [3.8, 4) is 0 Å². The molecule has 8 nitrogen and oxygen atoms in total. The first-order chi connectivity index (χ1) is 10.2. The zero-order valence-electron chi connectivity index (χ0n) is 13.7.